The highest BCUT2D eigenvalue weighted by Crippen LogP contribution is 2.18. The van der Waals surface area contributed by atoms with Gasteiger partial charge in [0.05, 0.1) is 0 Å². The first kappa shape index (κ1) is 9.36. The highest BCUT2D eigenvalue weighted by Gasteiger charge is 2.23. The van der Waals surface area contributed by atoms with E-state index in [-0.39, 0.29) is 6.03 Å². The van der Waals surface area contributed by atoms with Crippen molar-refractivity contribution >= 4 is 6.03 Å². The lowest BCUT2D eigenvalue weighted by atomic mass is 10.0. The van der Waals surface area contributed by atoms with E-state index in [1.807, 2.05) is 4.90 Å². The quantitative estimate of drug-likeness (QED) is 0.637. The van der Waals surface area contributed by atoms with Crippen molar-refractivity contribution in [3.63, 3.8) is 0 Å². The number of carbonyl (C=O) groups excluding carboxylic acids is 1. The van der Waals surface area contributed by atoms with Gasteiger partial charge in [0, 0.05) is 19.6 Å². The number of urea groups is 1. The van der Waals surface area contributed by atoms with Gasteiger partial charge in [0.1, 0.15) is 0 Å². The molecule has 0 radical (unpaired) electrons. The third-order valence-electron chi connectivity index (χ3n) is 2.57. The van der Waals surface area contributed by atoms with Crippen LogP contribution in [0.3, 0.4) is 0 Å². The summed E-state index contributed by atoms with van der Waals surface area (Å²) in [5, 5.41) is 2.69. The van der Waals surface area contributed by atoms with Gasteiger partial charge in [-0.05, 0) is 25.7 Å². The summed E-state index contributed by atoms with van der Waals surface area (Å²) >= 11 is 0. The lowest BCUT2D eigenvalue weighted by Gasteiger charge is -2.34. The SMILES string of the molecule is CCC1CCCCN1C(=O)NC. The van der Waals surface area contributed by atoms with Gasteiger partial charge in [-0.3, -0.25) is 0 Å². The molecule has 1 N–H and O–H groups in total. The maximum atomic E-state index is 11.4. The molecule has 1 aliphatic heterocycles. The third kappa shape index (κ3) is 1.90. The zero-order valence-electron chi connectivity index (χ0n) is 7.97. The molecular weight excluding hydrogens is 152 g/mol. The molecule has 1 aliphatic rings. The first-order chi connectivity index (χ1) is 5.79. The molecule has 70 valence electrons. The van der Waals surface area contributed by atoms with Gasteiger partial charge in [-0.25, -0.2) is 4.79 Å². The second-order valence-electron chi connectivity index (χ2n) is 3.31. The molecule has 1 saturated heterocycles. The van der Waals surface area contributed by atoms with Gasteiger partial charge in [0.2, 0.25) is 0 Å². The van der Waals surface area contributed by atoms with Crippen LogP contribution in [0.1, 0.15) is 32.6 Å². The summed E-state index contributed by atoms with van der Waals surface area (Å²) in [6, 6.07) is 0.556. The molecule has 0 saturated carbocycles. The van der Waals surface area contributed by atoms with E-state index < -0.39 is 0 Å². The standard InChI is InChI=1S/C9H18N2O/c1-3-8-6-4-5-7-11(8)9(12)10-2/h8H,3-7H2,1-2H3,(H,10,12). The predicted molar refractivity (Wildman–Crippen MR) is 49.1 cm³/mol. The van der Waals surface area contributed by atoms with E-state index >= 15 is 0 Å². The molecule has 1 unspecified atom stereocenters. The van der Waals surface area contributed by atoms with Crippen LogP contribution in [0.15, 0.2) is 0 Å². The van der Waals surface area contributed by atoms with Gasteiger partial charge >= 0.3 is 6.03 Å². The van der Waals surface area contributed by atoms with E-state index in [2.05, 4.69) is 12.2 Å². The molecule has 3 nitrogen and oxygen atoms in total. The van der Waals surface area contributed by atoms with Gasteiger partial charge in [0.25, 0.3) is 0 Å². The van der Waals surface area contributed by atoms with Crippen LogP contribution in [0, 0.1) is 0 Å². The summed E-state index contributed by atoms with van der Waals surface area (Å²) in [5.74, 6) is 0. The van der Waals surface area contributed by atoms with Crippen molar-refractivity contribution in [1.82, 2.24) is 10.2 Å². The summed E-state index contributed by atoms with van der Waals surface area (Å²) in [7, 11) is 1.70. The van der Waals surface area contributed by atoms with Crippen molar-refractivity contribution in [2.75, 3.05) is 13.6 Å². The number of carbonyl (C=O) groups is 1. The Morgan fingerprint density at radius 3 is 2.92 bits per heavy atom. The van der Waals surface area contributed by atoms with Gasteiger partial charge in [-0.1, -0.05) is 6.92 Å². The number of hydrogen-bond donors (Lipinski definition) is 1. The molecule has 0 aromatic heterocycles. The van der Waals surface area contributed by atoms with Crippen molar-refractivity contribution in [3.05, 3.63) is 0 Å². The first-order valence-electron chi connectivity index (χ1n) is 4.78. The molecule has 0 aromatic rings. The number of rotatable bonds is 1. The van der Waals surface area contributed by atoms with E-state index in [4.69, 9.17) is 0 Å². The summed E-state index contributed by atoms with van der Waals surface area (Å²) in [5.41, 5.74) is 0. The number of nitrogens with one attached hydrogen (secondary N) is 1. The maximum absolute atomic E-state index is 11.4. The van der Waals surface area contributed by atoms with Crippen LogP contribution < -0.4 is 5.32 Å². The average Bonchev–Trinajstić information content (AvgIpc) is 2.16. The van der Waals surface area contributed by atoms with Crippen molar-refractivity contribution < 1.29 is 4.79 Å². The van der Waals surface area contributed by atoms with Crippen LogP contribution in [-0.2, 0) is 0 Å². The second-order valence-corrected chi connectivity index (χ2v) is 3.31. The maximum Gasteiger partial charge on any atom is 0.317 e. The van der Waals surface area contributed by atoms with E-state index in [0.29, 0.717) is 6.04 Å². The number of piperidine rings is 1. The summed E-state index contributed by atoms with van der Waals surface area (Å²) in [4.78, 5) is 13.3. The van der Waals surface area contributed by atoms with Crippen molar-refractivity contribution in [3.8, 4) is 0 Å². The Morgan fingerprint density at radius 1 is 1.58 bits per heavy atom. The van der Waals surface area contributed by atoms with Crippen LogP contribution in [0.4, 0.5) is 4.79 Å². The normalized spacial score (nSPS) is 23.8. The number of hydrogen-bond acceptors (Lipinski definition) is 1. The molecule has 0 aromatic carbocycles. The monoisotopic (exact) mass is 170 g/mol. The van der Waals surface area contributed by atoms with Gasteiger partial charge in [0.15, 0.2) is 0 Å². The third-order valence-corrected chi connectivity index (χ3v) is 2.57. The fourth-order valence-electron chi connectivity index (χ4n) is 1.84. The van der Waals surface area contributed by atoms with E-state index in [9.17, 15) is 4.79 Å². The zero-order chi connectivity index (χ0) is 8.97. The fraction of sp³-hybridized carbons (Fsp3) is 0.889. The molecule has 1 fully saturated rings. The minimum Gasteiger partial charge on any atom is -0.341 e. The minimum absolute atomic E-state index is 0.0848. The second kappa shape index (κ2) is 4.33. The molecule has 1 rings (SSSR count). The topological polar surface area (TPSA) is 32.3 Å². The van der Waals surface area contributed by atoms with Crippen molar-refractivity contribution in [2.24, 2.45) is 0 Å². The molecular formula is C9H18N2O. The van der Waals surface area contributed by atoms with Gasteiger partial charge in [-0.15, -0.1) is 0 Å². The highest BCUT2D eigenvalue weighted by atomic mass is 16.2. The molecule has 0 aliphatic carbocycles. The van der Waals surface area contributed by atoms with E-state index in [1.165, 1.54) is 12.8 Å². The van der Waals surface area contributed by atoms with Crippen molar-refractivity contribution in [1.29, 1.82) is 0 Å². The Morgan fingerprint density at radius 2 is 2.33 bits per heavy atom. The van der Waals surface area contributed by atoms with Crippen molar-refractivity contribution in [2.45, 2.75) is 38.6 Å². The first-order valence-corrected chi connectivity index (χ1v) is 4.78. The Labute approximate surface area is 74.1 Å². The highest BCUT2D eigenvalue weighted by molar-refractivity contribution is 5.74. The van der Waals surface area contributed by atoms with Crippen LogP contribution in [0.2, 0.25) is 0 Å². The summed E-state index contributed by atoms with van der Waals surface area (Å²) in [6.07, 6.45) is 4.67. The predicted octanol–water partition coefficient (Wildman–Crippen LogP) is 1.59. The molecule has 0 bridgehead atoms. The Hall–Kier alpha value is -0.730. The van der Waals surface area contributed by atoms with E-state index in [1.54, 1.807) is 7.05 Å². The largest absolute Gasteiger partial charge is 0.341 e. The average molecular weight is 170 g/mol. The molecule has 0 spiro atoms. The summed E-state index contributed by atoms with van der Waals surface area (Å²) in [6.45, 7) is 3.07. The Bertz CT molecular complexity index is 159. The van der Waals surface area contributed by atoms with Crippen LogP contribution >= 0.6 is 0 Å². The number of amides is 2. The molecule has 2 amide bonds. The zero-order valence-corrected chi connectivity index (χ0v) is 7.97. The van der Waals surface area contributed by atoms with Crippen LogP contribution in [0.25, 0.3) is 0 Å². The van der Waals surface area contributed by atoms with Crippen LogP contribution in [0.5, 0.6) is 0 Å². The fourth-order valence-corrected chi connectivity index (χ4v) is 1.84. The minimum atomic E-state index is 0.0848. The Kier molecular flexibility index (Phi) is 3.38. The molecule has 12 heavy (non-hydrogen) atoms. The van der Waals surface area contributed by atoms with Gasteiger partial charge < -0.3 is 10.2 Å². The Balaban J connectivity index is 2.52. The molecule has 1 atom stereocenters. The smallest absolute Gasteiger partial charge is 0.317 e. The molecule has 1 heterocycles. The lowest BCUT2D eigenvalue weighted by molar-refractivity contribution is 0.150. The lowest BCUT2D eigenvalue weighted by Crippen LogP contribution is -2.47. The number of nitrogens with zero attached hydrogens (tertiary/aromatic N) is 1. The van der Waals surface area contributed by atoms with Gasteiger partial charge in [-0.2, -0.15) is 0 Å². The molecule has 3 heteroatoms. The number of likely N-dealkylation sites (tertiary alicyclic amines) is 1. The van der Waals surface area contributed by atoms with E-state index in [0.717, 1.165) is 19.4 Å². The van der Waals surface area contributed by atoms with Crippen LogP contribution in [-0.4, -0.2) is 30.6 Å². The summed E-state index contributed by atoms with van der Waals surface area (Å²) < 4.78 is 0.